The van der Waals surface area contributed by atoms with Crippen molar-refractivity contribution in [2.45, 2.75) is 13.8 Å². The van der Waals surface area contributed by atoms with E-state index in [1.165, 1.54) is 7.05 Å². The molecule has 0 aliphatic heterocycles. The predicted molar refractivity (Wildman–Crippen MR) is 21.6 cm³/mol. The van der Waals surface area contributed by atoms with E-state index in [1.807, 2.05) is 13.8 Å². The van der Waals surface area contributed by atoms with Gasteiger partial charge in [0.05, 0.1) is 0 Å². The molecule has 0 rings (SSSR count). The van der Waals surface area contributed by atoms with E-state index < -0.39 is 0 Å². The second-order valence-electron chi connectivity index (χ2n) is 0. The van der Waals surface area contributed by atoms with Crippen molar-refractivity contribution in [3.63, 3.8) is 0 Å². The van der Waals surface area contributed by atoms with Gasteiger partial charge in [-0.3, -0.25) is 0 Å². The molecule has 0 aromatic heterocycles. The van der Waals surface area contributed by atoms with E-state index in [2.05, 4.69) is 0 Å². The summed E-state index contributed by atoms with van der Waals surface area (Å²) in [6.45, 7) is 4.00. The topological polar surface area (TPSA) is 23.8 Å². The average Bonchev–Trinajstić information content (AvgIpc) is 1.50. The minimum absolute atomic E-state index is 0. The van der Waals surface area contributed by atoms with Crippen molar-refractivity contribution in [2.24, 2.45) is 0 Å². The van der Waals surface area contributed by atoms with Gasteiger partial charge in [0.1, 0.15) is 0 Å². The number of hydrogen-bond acceptors (Lipinski definition) is 0. The molecule has 31 valence electrons. The molecule has 5 heavy (non-hydrogen) atoms. The van der Waals surface area contributed by atoms with Crippen molar-refractivity contribution in [1.29, 1.82) is 0 Å². The first-order chi connectivity index (χ1) is 2.00. The molecule has 0 bridgehead atoms. The first kappa shape index (κ1) is 16.6. The smallest absolute Gasteiger partial charge is 0 e. The summed E-state index contributed by atoms with van der Waals surface area (Å²) in [5, 5.41) is 0. The fourth-order valence-electron chi connectivity index (χ4n) is 0. The quantitative estimate of drug-likeness (QED) is 0.500. The molecular formula is C3H10NY-. The third kappa shape index (κ3) is 42.0. The molecule has 1 nitrogen and oxygen atoms in total. The van der Waals surface area contributed by atoms with Gasteiger partial charge < -0.3 is 5.73 Å². The standard InChI is InChI=1S/C2H6.CH4N.Y/c2*1-2;/h1-2H3;2H,1H3;/q;-1;. The molecule has 0 unspecified atom stereocenters. The Morgan fingerprint density at radius 1 is 1.00 bits per heavy atom. The zero-order chi connectivity index (χ0) is 4.00. The van der Waals surface area contributed by atoms with Crippen LogP contribution >= 0.6 is 0 Å². The first-order valence-corrected chi connectivity index (χ1v) is 1.50. The maximum absolute atomic E-state index is 5.75. The molecule has 0 aromatic carbocycles. The van der Waals surface area contributed by atoms with Crippen LogP contribution in [0.25, 0.3) is 5.73 Å². The Balaban J connectivity index is -0.0000000133. The Kier molecular flexibility index (Phi) is 245. The molecule has 0 atom stereocenters. The van der Waals surface area contributed by atoms with Gasteiger partial charge in [0.15, 0.2) is 0 Å². The molecule has 0 saturated heterocycles. The first-order valence-electron chi connectivity index (χ1n) is 1.50. The van der Waals surface area contributed by atoms with Gasteiger partial charge in [-0.05, 0) is 0 Å². The van der Waals surface area contributed by atoms with Gasteiger partial charge in [0.2, 0.25) is 0 Å². The largest absolute Gasteiger partial charge is 0.680 e. The minimum atomic E-state index is 0. The molecule has 0 aliphatic rings. The van der Waals surface area contributed by atoms with Gasteiger partial charge in [0.25, 0.3) is 0 Å². The van der Waals surface area contributed by atoms with Gasteiger partial charge in [-0.15, -0.1) is 0 Å². The SMILES string of the molecule is CC.C[NH-].[Y]. The molecule has 0 aliphatic carbocycles. The monoisotopic (exact) mass is 149 g/mol. The van der Waals surface area contributed by atoms with Crippen molar-refractivity contribution in [3.05, 3.63) is 5.73 Å². The Morgan fingerprint density at radius 3 is 1.00 bits per heavy atom. The summed E-state index contributed by atoms with van der Waals surface area (Å²) in [5.41, 5.74) is 5.75. The summed E-state index contributed by atoms with van der Waals surface area (Å²) < 4.78 is 0. The van der Waals surface area contributed by atoms with E-state index >= 15 is 0 Å². The summed E-state index contributed by atoms with van der Waals surface area (Å²) in [6.07, 6.45) is 0. The van der Waals surface area contributed by atoms with E-state index in [0.29, 0.717) is 0 Å². The van der Waals surface area contributed by atoms with Crippen LogP contribution in [0.4, 0.5) is 0 Å². The number of hydrogen-bond donors (Lipinski definition) is 0. The molecule has 0 spiro atoms. The zero-order valence-corrected chi connectivity index (χ0v) is 6.92. The van der Waals surface area contributed by atoms with Crippen LogP contribution in [0.2, 0.25) is 0 Å². The fourth-order valence-corrected chi connectivity index (χ4v) is 0. The third-order valence-electron chi connectivity index (χ3n) is 0. The van der Waals surface area contributed by atoms with Crippen LogP contribution in [0, 0.1) is 0 Å². The van der Waals surface area contributed by atoms with Gasteiger partial charge in [-0.25, -0.2) is 0 Å². The molecule has 0 heterocycles. The molecule has 2 heteroatoms. The van der Waals surface area contributed by atoms with Gasteiger partial charge in [-0.2, -0.15) is 7.05 Å². The van der Waals surface area contributed by atoms with E-state index in [1.54, 1.807) is 0 Å². The van der Waals surface area contributed by atoms with Gasteiger partial charge in [0, 0.05) is 32.7 Å². The van der Waals surface area contributed by atoms with Crippen molar-refractivity contribution in [2.75, 3.05) is 7.05 Å². The van der Waals surface area contributed by atoms with Gasteiger partial charge in [-0.1, -0.05) is 13.8 Å². The van der Waals surface area contributed by atoms with Crippen LogP contribution in [0.1, 0.15) is 13.8 Å². The van der Waals surface area contributed by atoms with Crippen LogP contribution < -0.4 is 0 Å². The second kappa shape index (κ2) is 73.9. The predicted octanol–water partition coefficient (Wildman–Crippen LogP) is 1.69. The third-order valence-corrected chi connectivity index (χ3v) is 0. The zero-order valence-electron chi connectivity index (χ0n) is 4.08. The van der Waals surface area contributed by atoms with Gasteiger partial charge >= 0.3 is 0 Å². The summed E-state index contributed by atoms with van der Waals surface area (Å²) in [4.78, 5) is 0. The molecule has 1 radical (unpaired) electrons. The van der Waals surface area contributed by atoms with Crippen LogP contribution in [-0.4, -0.2) is 7.05 Å². The summed E-state index contributed by atoms with van der Waals surface area (Å²) in [6, 6.07) is 0. The van der Waals surface area contributed by atoms with E-state index in [0.717, 1.165) is 0 Å². The van der Waals surface area contributed by atoms with E-state index in [-0.39, 0.29) is 32.7 Å². The van der Waals surface area contributed by atoms with Crippen LogP contribution in [0.15, 0.2) is 0 Å². The summed E-state index contributed by atoms with van der Waals surface area (Å²) in [5.74, 6) is 0. The second-order valence-corrected chi connectivity index (χ2v) is 0. The Bertz CT molecular complexity index is 6.85. The maximum Gasteiger partial charge on any atom is 0 e. The van der Waals surface area contributed by atoms with Crippen molar-refractivity contribution < 1.29 is 32.7 Å². The van der Waals surface area contributed by atoms with Crippen molar-refractivity contribution in [3.8, 4) is 0 Å². The normalized spacial score (nSPS) is 2.40. The van der Waals surface area contributed by atoms with E-state index in [4.69, 9.17) is 5.73 Å². The molecule has 0 fully saturated rings. The molecule has 0 saturated carbocycles. The molecule has 1 N–H and O–H groups in total. The maximum atomic E-state index is 5.75. The molecule has 0 amide bonds. The average molecular weight is 149 g/mol. The number of rotatable bonds is 0. The molecular weight excluding hydrogens is 139 g/mol. The van der Waals surface area contributed by atoms with Crippen molar-refractivity contribution >= 4 is 0 Å². The van der Waals surface area contributed by atoms with Crippen LogP contribution in [-0.2, 0) is 32.7 Å². The Morgan fingerprint density at radius 2 is 1.00 bits per heavy atom. The number of nitrogens with one attached hydrogen (secondary N) is 1. The van der Waals surface area contributed by atoms with Crippen LogP contribution in [0.5, 0.6) is 0 Å². The summed E-state index contributed by atoms with van der Waals surface area (Å²) in [7, 11) is 1.25. The summed E-state index contributed by atoms with van der Waals surface area (Å²) >= 11 is 0. The van der Waals surface area contributed by atoms with E-state index in [9.17, 15) is 0 Å². The minimum Gasteiger partial charge on any atom is -0.680 e. The fraction of sp³-hybridized carbons (Fsp3) is 1.00. The Labute approximate surface area is 59.2 Å². The Hall–Kier alpha value is 1.06. The van der Waals surface area contributed by atoms with Crippen LogP contribution in [0.3, 0.4) is 0 Å². The van der Waals surface area contributed by atoms with Crippen molar-refractivity contribution in [1.82, 2.24) is 0 Å². The molecule has 0 aromatic rings.